The average molecular weight is 378 g/mol. The molecule has 1 aliphatic rings. The average Bonchev–Trinajstić information content (AvgIpc) is 3.00. The fraction of sp³-hybridized carbons (Fsp3) is 0.182. The minimum absolute atomic E-state index is 0.199. The second kappa shape index (κ2) is 7.05. The van der Waals surface area contributed by atoms with Gasteiger partial charge in [-0.25, -0.2) is 0 Å². The number of rotatable bonds is 3. The molecule has 0 saturated heterocycles. The van der Waals surface area contributed by atoms with Gasteiger partial charge < -0.3 is 10.2 Å². The maximum atomic E-state index is 12.8. The van der Waals surface area contributed by atoms with Gasteiger partial charge in [-0.15, -0.1) is 0 Å². The van der Waals surface area contributed by atoms with Gasteiger partial charge in [0.25, 0.3) is 5.91 Å². The van der Waals surface area contributed by atoms with Crippen LogP contribution in [0.4, 0.5) is 17.1 Å². The van der Waals surface area contributed by atoms with E-state index in [2.05, 4.69) is 40.3 Å². The van der Waals surface area contributed by atoms with E-state index in [0.717, 1.165) is 17.7 Å². The highest BCUT2D eigenvalue weighted by Crippen LogP contribution is 2.38. The summed E-state index contributed by atoms with van der Waals surface area (Å²) in [4.78, 5) is 19.3. The van der Waals surface area contributed by atoms with Crippen molar-refractivity contribution in [3.63, 3.8) is 0 Å². The summed E-state index contributed by atoms with van der Waals surface area (Å²) < 4.78 is 0. The maximum absolute atomic E-state index is 12.8. The van der Waals surface area contributed by atoms with Crippen molar-refractivity contribution in [2.75, 3.05) is 10.2 Å². The number of hydrogen-bond donors (Lipinski definition) is 1. The van der Waals surface area contributed by atoms with E-state index in [1.165, 1.54) is 11.3 Å². The second-order valence-corrected chi connectivity index (χ2v) is 7.33. The molecular formula is C22H20ClN3O. The van der Waals surface area contributed by atoms with Crippen LogP contribution < -0.4 is 10.2 Å². The van der Waals surface area contributed by atoms with Gasteiger partial charge in [0, 0.05) is 28.6 Å². The Bertz CT molecular complexity index is 1020. The lowest BCUT2D eigenvalue weighted by Crippen LogP contribution is -2.24. The zero-order chi connectivity index (χ0) is 19.0. The predicted molar refractivity (Wildman–Crippen MR) is 110 cm³/mol. The summed E-state index contributed by atoms with van der Waals surface area (Å²) in [5.41, 5.74) is 5.59. The van der Waals surface area contributed by atoms with E-state index in [0.29, 0.717) is 22.3 Å². The van der Waals surface area contributed by atoms with Gasteiger partial charge in [0.2, 0.25) is 0 Å². The molecule has 0 saturated carbocycles. The summed E-state index contributed by atoms with van der Waals surface area (Å²) in [5.74, 6) is -0.199. The Balaban J connectivity index is 1.63. The quantitative estimate of drug-likeness (QED) is 0.666. The Morgan fingerprint density at radius 2 is 2.00 bits per heavy atom. The van der Waals surface area contributed by atoms with Gasteiger partial charge >= 0.3 is 0 Å². The summed E-state index contributed by atoms with van der Waals surface area (Å²) in [6.45, 7) is 4.12. The van der Waals surface area contributed by atoms with Crippen LogP contribution in [0.3, 0.4) is 0 Å². The standard InChI is InChI=1S/C22H20ClN3O/c1-14-7-8-18(23)11-20(14)25-22(27)17-10-19(13-24-12-17)26-15(2)9-16-5-3-4-6-21(16)26/h3-8,10-13,15H,9H2,1-2H3,(H,25,27). The molecule has 0 spiro atoms. The molecule has 4 rings (SSSR count). The number of nitrogens with one attached hydrogen (secondary N) is 1. The van der Waals surface area contributed by atoms with Crippen molar-refractivity contribution < 1.29 is 4.79 Å². The van der Waals surface area contributed by atoms with Crippen LogP contribution in [0.15, 0.2) is 60.9 Å². The van der Waals surface area contributed by atoms with Gasteiger partial charge in [-0.1, -0.05) is 35.9 Å². The zero-order valence-electron chi connectivity index (χ0n) is 15.2. The van der Waals surface area contributed by atoms with Crippen LogP contribution in [0.5, 0.6) is 0 Å². The minimum atomic E-state index is -0.199. The van der Waals surface area contributed by atoms with E-state index in [-0.39, 0.29) is 5.91 Å². The van der Waals surface area contributed by atoms with Gasteiger partial charge in [-0.2, -0.15) is 0 Å². The van der Waals surface area contributed by atoms with E-state index in [4.69, 9.17) is 11.6 Å². The van der Waals surface area contributed by atoms with Crippen LogP contribution >= 0.6 is 11.6 Å². The fourth-order valence-electron chi connectivity index (χ4n) is 3.57. The molecule has 0 radical (unpaired) electrons. The molecule has 1 aliphatic heterocycles. The number of anilines is 3. The molecule has 3 aromatic rings. The Hall–Kier alpha value is -2.85. The van der Waals surface area contributed by atoms with Gasteiger partial charge in [0.05, 0.1) is 17.4 Å². The van der Waals surface area contributed by atoms with Crippen LogP contribution in [0.1, 0.15) is 28.4 Å². The van der Waals surface area contributed by atoms with Crippen LogP contribution in [0, 0.1) is 6.92 Å². The molecule has 136 valence electrons. The molecule has 1 unspecified atom stereocenters. The molecular weight excluding hydrogens is 358 g/mol. The number of aryl methyl sites for hydroxylation is 1. The van der Waals surface area contributed by atoms with E-state index in [9.17, 15) is 4.79 Å². The van der Waals surface area contributed by atoms with Crippen LogP contribution in [0.25, 0.3) is 0 Å². The molecule has 5 heteroatoms. The number of para-hydroxylation sites is 1. The summed E-state index contributed by atoms with van der Waals surface area (Å²) in [5, 5.41) is 3.52. The first-order chi connectivity index (χ1) is 13.0. The van der Waals surface area contributed by atoms with Crippen molar-refractivity contribution in [2.45, 2.75) is 26.3 Å². The summed E-state index contributed by atoms with van der Waals surface area (Å²) in [6.07, 6.45) is 4.37. The third-order valence-electron chi connectivity index (χ3n) is 4.92. The summed E-state index contributed by atoms with van der Waals surface area (Å²) in [6, 6.07) is 16.0. The van der Waals surface area contributed by atoms with Crippen molar-refractivity contribution in [1.82, 2.24) is 4.98 Å². The number of aromatic nitrogens is 1. The molecule has 2 heterocycles. The number of carbonyl (C=O) groups is 1. The SMILES string of the molecule is Cc1ccc(Cl)cc1NC(=O)c1cncc(N2c3ccccc3CC2C)c1. The Labute approximate surface area is 163 Å². The number of fused-ring (bicyclic) bond motifs is 1. The molecule has 4 nitrogen and oxygen atoms in total. The van der Waals surface area contributed by atoms with E-state index in [1.807, 2.05) is 25.1 Å². The number of benzene rings is 2. The van der Waals surface area contributed by atoms with Crippen LogP contribution in [0.2, 0.25) is 5.02 Å². The highest BCUT2D eigenvalue weighted by Gasteiger charge is 2.27. The Kier molecular flexibility index (Phi) is 4.58. The molecule has 27 heavy (non-hydrogen) atoms. The van der Waals surface area contributed by atoms with Crippen molar-refractivity contribution in [2.24, 2.45) is 0 Å². The topological polar surface area (TPSA) is 45.2 Å². The van der Waals surface area contributed by atoms with E-state index in [1.54, 1.807) is 24.5 Å². The van der Waals surface area contributed by atoms with Crippen molar-refractivity contribution in [3.05, 3.63) is 82.6 Å². The lowest BCUT2D eigenvalue weighted by Gasteiger charge is -2.25. The highest BCUT2D eigenvalue weighted by molar-refractivity contribution is 6.31. The lowest BCUT2D eigenvalue weighted by atomic mass is 10.1. The maximum Gasteiger partial charge on any atom is 0.257 e. The van der Waals surface area contributed by atoms with E-state index < -0.39 is 0 Å². The highest BCUT2D eigenvalue weighted by atomic mass is 35.5. The number of pyridine rings is 1. The third kappa shape index (κ3) is 3.40. The normalized spacial score (nSPS) is 15.5. The molecule has 1 aromatic heterocycles. The smallest absolute Gasteiger partial charge is 0.257 e. The first-order valence-corrected chi connectivity index (χ1v) is 9.30. The fourth-order valence-corrected chi connectivity index (χ4v) is 3.74. The molecule has 0 fully saturated rings. The molecule has 1 N–H and O–H groups in total. The Morgan fingerprint density at radius 1 is 1.19 bits per heavy atom. The van der Waals surface area contributed by atoms with Gasteiger partial charge in [0.1, 0.15) is 0 Å². The molecule has 2 aromatic carbocycles. The van der Waals surface area contributed by atoms with Gasteiger partial charge in [-0.3, -0.25) is 9.78 Å². The van der Waals surface area contributed by atoms with Gasteiger partial charge in [-0.05, 0) is 55.7 Å². The Morgan fingerprint density at radius 3 is 2.85 bits per heavy atom. The first kappa shape index (κ1) is 17.6. The molecule has 0 aliphatic carbocycles. The molecule has 1 amide bonds. The van der Waals surface area contributed by atoms with Gasteiger partial charge in [0.15, 0.2) is 0 Å². The molecule has 1 atom stereocenters. The summed E-state index contributed by atoms with van der Waals surface area (Å²) >= 11 is 6.05. The molecule has 0 bridgehead atoms. The number of amides is 1. The number of halogens is 1. The monoisotopic (exact) mass is 377 g/mol. The van der Waals surface area contributed by atoms with Crippen molar-refractivity contribution >= 4 is 34.6 Å². The van der Waals surface area contributed by atoms with Crippen molar-refractivity contribution in [1.29, 1.82) is 0 Å². The van der Waals surface area contributed by atoms with Crippen LogP contribution in [-0.4, -0.2) is 16.9 Å². The predicted octanol–water partition coefficient (Wildman–Crippen LogP) is 5.38. The largest absolute Gasteiger partial charge is 0.337 e. The zero-order valence-corrected chi connectivity index (χ0v) is 16.0. The summed E-state index contributed by atoms with van der Waals surface area (Å²) in [7, 11) is 0. The number of carbonyl (C=O) groups excluding carboxylic acids is 1. The third-order valence-corrected chi connectivity index (χ3v) is 5.15. The minimum Gasteiger partial charge on any atom is -0.337 e. The number of hydrogen-bond acceptors (Lipinski definition) is 3. The lowest BCUT2D eigenvalue weighted by molar-refractivity contribution is 0.102. The number of nitrogens with zero attached hydrogens (tertiary/aromatic N) is 2. The second-order valence-electron chi connectivity index (χ2n) is 6.90. The first-order valence-electron chi connectivity index (χ1n) is 8.92. The van der Waals surface area contributed by atoms with E-state index >= 15 is 0 Å². The van der Waals surface area contributed by atoms with Crippen LogP contribution in [-0.2, 0) is 6.42 Å². The van der Waals surface area contributed by atoms with Crippen molar-refractivity contribution in [3.8, 4) is 0 Å².